The summed E-state index contributed by atoms with van der Waals surface area (Å²) in [5, 5.41) is 12.1. The summed E-state index contributed by atoms with van der Waals surface area (Å²) in [4.78, 5) is 12.5. The first-order valence-corrected chi connectivity index (χ1v) is 7.11. The lowest BCUT2D eigenvalue weighted by Gasteiger charge is -2.08. The average Bonchev–Trinajstić information content (AvgIpc) is 2.73. The SMILES string of the molecule is COCC(O)CCNC(=O)/C=C/c1ccc(Br)s1. The number of carbonyl (C=O) groups is 1. The van der Waals surface area contributed by atoms with Crippen molar-refractivity contribution in [2.24, 2.45) is 0 Å². The maximum Gasteiger partial charge on any atom is 0.244 e. The zero-order valence-electron chi connectivity index (χ0n) is 10.1. The minimum atomic E-state index is -0.535. The number of ether oxygens (including phenoxy) is 1. The van der Waals surface area contributed by atoms with E-state index in [4.69, 9.17) is 4.74 Å². The number of carbonyl (C=O) groups excluding carboxylic acids is 1. The van der Waals surface area contributed by atoms with Gasteiger partial charge in [0.05, 0.1) is 16.5 Å². The normalized spacial score (nSPS) is 12.8. The van der Waals surface area contributed by atoms with E-state index in [1.54, 1.807) is 17.4 Å². The summed E-state index contributed by atoms with van der Waals surface area (Å²) in [5.41, 5.74) is 0. The summed E-state index contributed by atoms with van der Waals surface area (Å²) in [6.45, 7) is 0.719. The lowest BCUT2D eigenvalue weighted by atomic mass is 10.2. The third-order valence-corrected chi connectivity index (χ3v) is 3.72. The van der Waals surface area contributed by atoms with Crippen LogP contribution in [0.15, 0.2) is 22.0 Å². The first-order chi connectivity index (χ1) is 8.61. The van der Waals surface area contributed by atoms with Crippen molar-refractivity contribution >= 4 is 39.2 Å². The van der Waals surface area contributed by atoms with Crippen LogP contribution in [0, 0.1) is 0 Å². The third-order valence-electron chi connectivity index (χ3n) is 2.13. The molecule has 6 heteroatoms. The van der Waals surface area contributed by atoms with Gasteiger partial charge in [-0.3, -0.25) is 4.79 Å². The molecule has 1 amide bonds. The van der Waals surface area contributed by atoms with Crippen molar-refractivity contribution in [3.05, 3.63) is 26.9 Å². The minimum absolute atomic E-state index is 0.163. The second kappa shape index (κ2) is 8.42. The van der Waals surface area contributed by atoms with Crippen molar-refractivity contribution in [1.29, 1.82) is 0 Å². The number of aliphatic hydroxyl groups excluding tert-OH is 1. The lowest BCUT2D eigenvalue weighted by Crippen LogP contribution is -2.27. The molecule has 0 spiro atoms. The van der Waals surface area contributed by atoms with Gasteiger partial charge in [0, 0.05) is 24.6 Å². The molecule has 0 bridgehead atoms. The fourth-order valence-corrected chi connectivity index (χ4v) is 2.60. The maximum absolute atomic E-state index is 11.4. The smallest absolute Gasteiger partial charge is 0.244 e. The van der Waals surface area contributed by atoms with Crippen LogP contribution in [-0.4, -0.2) is 37.4 Å². The van der Waals surface area contributed by atoms with Crippen LogP contribution in [0.25, 0.3) is 6.08 Å². The highest BCUT2D eigenvalue weighted by Gasteiger charge is 2.03. The molecule has 0 aromatic carbocycles. The third kappa shape index (κ3) is 6.30. The number of nitrogens with one attached hydrogen (secondary N) is 1. The number of aliphatic hydroxyl groups is 1. The Kier molecular flexibility index (Phi) is 7.19. The van der Waals surface area contributed by atoms with Gasteiger partial charge in [-0.15, -0.1) is 11.3 Å². The molecule has 0 radical (unpaired) electrons. The monoisotopic (exact) mass is 333 g/mol. The summed E-state index contributed by atoms with van der Waals surface area (Å²) in [7, 11) is 1.53. The van der Waals surface area contributed by atoms with Gasteiger partial charge in [0.2, 0.25) is 5.91 Å². The van der Waals surface area contributed by atoms with Crippen molar-refractivity contribution in [1.82, 2.24) is 5.32 Å². The van der Waals surface area contributed by atoms with Crippen molar-refractivity contribution in [2.45, 2.75) is 12.5 Å². The molecule has 0 saturated heterocycles. The van der Waals surface area contributed by atoms with E-state index >= 15 is 0 Å². The second-order valence-electron chi connectivity index (χ2n) is 3.66. The molecule has 1 atom stereocenters. The molecule has 0 aliphatic heterocycles. The molecule has 0 fully saturated rings. The number of thiophene rings is 1. The molecule has 1 aromatic heterocycles. The lowest BCUT2D eigenvalue weighted by molar-refractivity contribution is -0.116. The van der Waals surface area contributed by atoms with Gasteiger partial charge in [-0.2, -0.15) is 0 Å². The standard InChI is InChI=1S/C12H16BrNO3S/c1-17-8-9(15)6-7-14-12(16)5-3-10-2-4-11(13)18-10/h2-5,9,15H,6-8H2,1H3,(H,14,16)/b5-3+. The molecule has 0 saturated carbocycles. The van der Waals surface area contributed by atoms with Crippen LogP contribution >= 0.6 is 27.3 Å². The molecule has 0 aliphatic rings. The van der Waals surface area contributed by atoms with Crippen molar-refractivity contribution in [3.63, 3.8) is 0 Å². The highest BCUT2D eigenvalue weighted by molar-refractivity contribution is 9.11. The largest absolute Gasteiger partial charge is 0.391 e. The van der Waals surface area contributed by atoms with E-state index in [0.29, 0.717) is 13.0 Å². The van der Waals surface area contributed by atoms with Gasteiger partial charge in [0.25, 0.3) is 0 Å². The van der Waals surface area contributed by atoms with Crippen LogP contribution in [0.4, 0.5) is 0 Å². The van der Waals surface area contributed by atoms with E-state index in [-0.39, 0.29) is 12.5 Å². The molecular weight excluding hydrogens is 318 g/mol. The van der Waals surface area contributed by atoms with Crippen LogP contribution in [0.2, 0.25) is 0 Å². The second-order valence-corrected chi connectivity index (χ2v) is 6.16. The van der Waals surface area contributed by atoms with Gasteiger partial charge in [0.1, 0.15) is 0 Å². The number of hydrogen-bond donors (Lipinski definition) is 2. The van der Waals surface area contributed by atoms with Gasteiger partial charge in [-0.25, -0.2) is 0 Å². The number of methoxy groups -OCH3 is 1. The Hall–Kier alpha value is -0.690. The molecule has 100 valence electrons. The van der Waals surface area contributed by atoms with Gasteiger partial charge >= 0.3 is 0 Å². The predicted molar refractivity (Wildman–Crippen MR) is 76.6 cm³/mol. The van der Waals surface area contributed by atoms with E-state index < -0.39 is 6.10 Å². The Morgan fingerprint density at radius 3 is 3.06 bits per heavy atom. The summed E-state index contributed by atoms with van der Waals surface area (Å²) < 4.78 is 5.82. The average molecular weight is 334 g/mol. The molecule has 0 aliphatic carbocycles. The number of amides is 1. The quantitative estimate of drug-likeness (QED) is 0.750. The van der Waals surface area contributed by atoms with Gasteiger partial charge in [-0.1, -0.05) is 0 Å². The van der Waals surface area contributed by atoms with Crippen molar-refractivity contribution in [2.75, 3.05) is 20.3 Å². The molecule has 1 aromatic rings. The molecular formula is C12H16BrNO3S. The van der Waals surface area contributed by atoms with Crippen LogP contribution in [0.1, 0.15) is 11.3 Å². The van der Waals surface area contributed by atoms with Crippen LogP contribution in [0.3, 0.4) is 0 Å². The summed E-state index contributed by atoms with van der Waals surface area (Å²) in [6.07, 6.45) is 3.20. The van der Waals surface area contributed by atoms with Gasteiger partial charge in [0.15, 0.2) is 0 Å². The Morgan fingerprint density at radius 2 is 2.44 bits per heavy atom. The molecule has 18 heavy (non-hydrogen) atoms. The summed E-state index contributed by atoms with van der Waals surface area (Å²) in [5.74, 6) is -0.163. The first-order valence-electron chi connectivity index (χ1n) is 5.50. The predicted octanol–water partition coefficient (Wildman–Crippen LogP) is 2.04. The minimum Gasteiger partial charge on any atom is -0.391 e. The fraction of sp³-hybridized carbons (Fsp3) is 0.417. The molecule has 4 nitrogen and oxygen atoms in total. The zero-order valence-corrected chi connectivity index (χ0v) is 12.5. The number of rotatable bonds is 7. The van der Waals surface area contributed by atoms with Gasteiger partial charge < -0.3 is 15.2 Å². The fourth-order valence-electron chi connectivity index (χ4n) is 1.27. The van der Waals surface area contributed by atoms with Crippen LogP contribution in [-0.2, 0) is 9.53 Å². The zero-order chi connectivity index (χ0) is 13.4. The maximum atomic E-state index is 11.4. The molecule has 1 rings (SSSR count). The van der Waals surface area contributed by atoms with E-state index in [0.717, 1.165) is 8.66 Å². The molecule has 1 unspecified atom stereocenters. The Labute approximate surface area is 119 Å². The molecule has 2 N–H and O–H groups in total. The topological polar surface area (TPSA) is 58.6 Å². The van der Waals surface area contributed by atoms with Crippen molar-refractivity contribution < 1.29 is 14.6 Å². The Morgan fingerprint density at radius 1 is 1.67 bits per heavy atom. The molecule has 1 heterocycles. The highest BCUT2D eigenvalue weighted by Crippen LogP contribution is 2.22. The van der Waals surface area contributed by atoms with E-state index in [1.807, 2.05) is 12.1 Å². The number of hydrogen-bond acceptors (Lipinski definition) is 4. The van der Waals surface area contributed by atoms with E-state index in [2.05, 4.69) is 21.2 Å². The van der Waals surface area contributed by atoms with Crippen LogP contribution in [0.5, 0.6) is 0 Å². The summed E-state index contributed by atoms with van der Waals surface area (Å²) in [6, 6.07) is 3.87. The Bertz CT molecular complexity index is 406. The number of halogens is 1. The Balaban J connectivity index is 2.23. The van der Waals surface area contributed by atoms with E-state index in [9.17, 15) is 9.90 Å². The summed E-state index contributed by atoms with van der Waals surface area (Å²) >= 11 is 4.91. The van der Waals surface area contributed by atoms with Gasteiger partial charge in [-0.05, 0) is 40.6 Å². The van der Waals surface area contributed by atoms with Crippen molar-refractivity contribution in [3.8, 4) is 0 Å². The first kappa shape index (κ1) is 15.4. The highest BCUT2D eigenvalue weighted by atomic mass is 79.9. The van der Waals surface area contributed by atoms with Crippen LogP contribution < -0.4 is 5.32 Å². The van der Waals surface area contributed by atoms with E-state index in [1.165, 1.54) is 13.2 Å².